The molecule has 0 aliphatic carbocycles. The van der Waals surface area contributed by atoms with Crippen LogP contribution in [0.4, 0.5) is 5.69 Å². The summed E-state index contributed by atoms with van der Waals surface area (Å²) in [7, 11) is 1.64. The fourth-order valence-electron chi connectivity index (χ4n) is 2.90. The lowest BCUT2D eigenvalue weighted by Gasteiger charge is -2.23. The number of hydrogen-bond donors (Lipinski definition) is 0. The van der Waals surface area contributed by atoms with Crippen LogP contribution in [-0.2, 0) is 4.79 Å². The van der Waals surface area contributed by atoms with Crippen LogP contribution in [-0.4, -0.2) is 19.4 Å². The van der Waals surface area contributed by atoms with E-state index in [1.54, 1.807) is 37.9 Å². The first-order valence-electron chi connectivity index (χ1n) is 7.80. The van der Waals surface area contributed by atoms with E-state index in [1.165, 1.54) is 0 Å². The first-order chi connectivity index (χ1) is 12.0. The first kappa shape index (κ1) is 18.2. The highest BCUT2D eigenvalue weighted by atomic mass is 35.5. The van der Waals surface area contributed by atoms with E-state index in [2.05, 4.69) is 11.8 Å². The van der Waals surface area contributed by atoms with E-state index in [0.717, 1.165) is 39.0 Å². The highest BCUT2D eigenvalue weighted by Crippen LogP contribution is 2.54. The number of ether oxygens (including phenoxy) is 1. The Morgan fingerprint density at radius 2 is 2.04 bits per heavy atom. The van der Waals surface area contributed by atoms with Crippen molar-refractivity contribution in [2.24, 2.45) is 0 Å². The number of halogens is 2. The van der Waals surface area contributed by atoms with Gasteiger partial charge in [-0.15, -0.1) is 0 Å². The van der Waals surface area contributed by atoms with Gasteiger partial charge in [0.1, 0.15) is 5.75 Å². The van der Waals surface area contributed by atoms with Gasteiger partial charge in [-0.2, -0.15) is 0 Å². The van der Waals surface area contributed by atoms with Gasteiger partial charge < -0.3 is 9.64 Å². The summed E-state index contributed by atoms with van der Waals surface area (Å²) in [6.45, 7) is 4.34. The summed E-state index contributed by atoms with van der Waals surface area (Å²) in [6.07, 6.45) is 1.66. The van der Waals surface area contributed by atoms with Crippen molar-refractivity contribution in [1.82, 2.24) is 0 Å². The average molecular weight is 394 g/mol. The number of anilines is 1. The van der Waals surface area contributed by atoms with Crippen LogP contribution in [0.1, 0.15) is 13.8 Å². The monoisotopic (exact) mass is 393 g/mol. The maximum Gasteiger partial charge on any atom is 0.155 e. The Bertz CT molecular complexity index is 880. The molecule has 0 amide bonds. The summed E-state index contributed by atoms with van der Waals surface area (Å²) in [5.41, 5.74) is 2.76. The van der Waals surface area contributed by atoms with Gasteiger partial charge in [0.05, 0.1) is 28.4 Å². The van der Waals surface area contributed by atoms with Crippen molar-refractivity contribution >= 4 is 46.4 Å². The Morgan fingerprint density at radius 3 is 2.64 bits per heavy atom. The van der Waals surface area contributed by atoms with Crippen LogP contribution in [0.25, 0.3) is 11.1 Å². The minimum atomic E-state index is 0.0202. The molecule has 0 saturated heterocycles. The fraction of sp³-hybridized carbons (Fsp3) is 0.211. The molecular weight excluding hydrogens is 377 g/mol. The molecule has 0 spiro atoms. The van der Waals surface area contributed by atoms with Gasteiger partial charge >= 0.3 is 0 Å². The number of rotatable bonds is 4. The van der Waals surface area contributed by atoms with E-state index in [1.807, 2.05) is 24.3 Å². The number of thioether (sulfide) groups is 1. The molecule has 0 unspecified atom stereocenters. The van der Waals surface area contributed by atoms with Crippen molar-refractivity contribution < 1.29 is 9.53 Å². The summed E-state index contributed by atoms with van der Waals surface area (Å²) < 4.78 is 5.61. The van der Waals surface area contributed by atoms with Crippen LogP contribution in [0.2, 0.25) is 10.0 Å². The summed E-state index contributed by atoms with van der Waals surface area (Å²) in [5, 5.41) is 2.05. The Labute approximate surface area is 161 Å². The second kappa shape index (κ2) is 7.32. The Kier molecular flexibility index (Phi) is 5.32. The highest BCUT2D eigenvalue weighted by Gasteiger charge is 2.30. The van der Waals surface area contributed by atoms with Crippen molar-refractivity contribution in [2.75, 3.05) is 18.6 Å². The average Bonchev–Trinajstić information content (AvgIpc) is 2.90. The second-order valence-corrected chi connectivity index (χ2v) is 7.46. The Hall–Kier alpha value is -1.62. The third-order valence-electron chi connectivity index (χ3n) is 3.92. The number of allylic oxidation sites excluding steroid dienone is 1. The maximum absolute atomic E-state index is 11.6. The minimum Gasteiger partial charge on any atom is -0.496 e. The van der Waals surface area contributed by atoms with Gasteiger partial charge in [-0.25, -0.2) is 0 Å². The zero-order valence-corrected chi connectivity index (χ0v) is 16.4. The molecule has 3 rings (SSSR count). The third kappa shape index (κ3) is 3.39. The molecule has 25 heavy (non-hydrogen) atoms. The topological polar surface area (TPSA) is 29.5 Å². The number of fused-ring (bicyclic) bond motifs is 1. The van der Waals surface area contributed by atoms with Crippen molar-refractivity contribution in [3.05, 3.63) is 51.5 Å². The van der Waals surface area contributed by atoms with Crippen LogP contribution in [0, 0.1) is 0 Å². The van der Waals surface area contributed by atoms with E-state index in [-0.39, 0.29) is 5.78 Å². The van der Waals surface area contributed by atoms with Gasteiger partial charge in [-0.3, -0.25) is 4.79 Å². The third-order valence-corrected chi connectivity index (χ3v) is 5.56. The summed E-state index contributed by atoms with van der Waals surface area (Å²) >= 11 is 14.1. The molecule has 130 valence electrons. The van der Waals surface area contributed by atoms with Crippen molar-refractivity contribution in [3.63, 3.8) is 0 Å². The molecule has 6 heteroatoms. The molecule has 1 aliphatic rings. The zero-order valence-electron chi connectivity index (χ0n) is 14.1. The van der Waals surface area contributed by atoms with Gasteiger partial charge in [0.15, 0.2) is 5.78 Å². The lowest BCUT2D eigenvalue weighted by Crippen LogP contribution is -2.18. The molecule has 2 aromatic carbocycles. The highest BCUT2D eigenvalue weighted by molar-refractivity contribution is 8.03. The van der Waals surface area contributed by atoms with Gasteiger partial charge in [0, 0.05) is 28.1 Å². The number of ketones is 1. The Morgan fingerprint density at radius 1 is 1.28 bits per heavy atom. The van der Waals surface area contributed by atoms with Crippen LogP contribution >= 0.6 is 35.0 Å². The molecule has 0 radical (unpaired) electrons. The number of carbonyl (C=O) groups excluding carboxylic acids is 1. The Balaban J connectivity index is 2.28. The van der Waals surface area contributed by atoms with Crippen molar-refractivity contribution in [1.29, 1.82) is 0 Å². The SMILES string of the molecule is CCN1C(=CC(C)=O)Sc2ccc(OC)c(-c3ccc(Cl)cc3Cl)c21. The molecule has 0 saturated carbocycles. The molecule has 3 nitrogen and oxygen atoms in total. The smallest absolute Gasteiger partial charge is 0.155 e. The predicted octanol–water partition coefficient (Wildman–Crippen LogP) is 6.03. The van der Waals surface area contributed by atoms with Gasteiger partial charge in [0.25, 0.3) is 0 Å². The summed E-state index contributed by atoms with van der Waals surface area (Å²) in [6, 6.07) is 9.37. The van der Waals surface area contributed by atoms with E-state index in [4.69, 9.17) is 27.9 Å². The normalized spacial score (nSPS) is 14.8. The molecule has 1 heterocycles. The number of hydrogen-bond acceptors (Lipinski definition) is 4. The number of benzene rings is 2. The minimum absolute atomic E-state index is 0.0202. The molecule has 1 aliphatic heterocycles. The molecule has 0 N–H and O–H groups in total. The summed E-state index contributed by atoms with van der Waals surface area (Å²) in [4.78, 5) is 14.8. The first-order valence-corrected chi connectivity index (χ1v) is 9.37. The maximum atomic E-state index is 11.6. The van der Waals surface area contributed by atoms with E-state index >= 15 is 0 Å². The zero-order chi connectivity index (χ0) is 18.1. The lowest BCUT2D eigenvalue weighted by molar-refractivity contribution is -0.112. The second-order valence-electron chi connectivity index (χ2n) is 5.55. The van der Waals surface area contributed by atoms with E-state index in [9.17, 15) is 4.79 Å². The van der Waals surface area contributed by atoms with Crippen LogP contribution < -0.4 is 9.64 Å². The molecule has 0 atom stereocenters. The quantitative estimate of drug-likeness (QED) is 0.592. The standard InChI is InChI=1S/C19H17Cl2NO2S/c1-4-22-17(9-11(2)23)25-16-8-7-15(24-3)18(19(16)22)13-6-5-12(20)10-14(13)21/h5-10H,4H2,1-3H3. The predicted molar refractivity (Wildman–Crippen MR) is 106 cm³/mol. The van der Waals surface area contributed by atoms with Gasteiger partial charge in [-0.05, 0) is 38.1 Å². The van der Waals surface area contributed by atoms with Crippen molar-refractivity contribution in [3.8, 4) is 16.9 Å². The molecular formula is C19H17Cl2NO2S. The van der Waals surface area contributed by atoms with Crippen molar-refractivity contribution in [2.45, 2.75) is 18.7 Å². The van der Waals surface area contributed by atoms with Crippen LogP contribution in [0.3, 0.4) is 0 Å². The molecule has 0 bridgehead atoms. The van der Waals surface area contributed by atoms with E-state index in [0.29, 0.717) is 10.0 Å². The van der Waals surface area contributed by atoms with Gasteiger partial charge in [0.2, 0.25) is 0 Å². The fourth-order valence-corrected chi connectivity index (χ4v) is 4.63. The van der Waals surface area contributed by atoms with E-state index < -0.39 is 0 Å². The van der Waals surface area contributed by atoms with Crippen LogP contribution in [0.15, 0.2) is 46.3 Å². The summed E-state index contributed by atoms with van der Waals surface area (Å²) in [5.74, 6) is 0.748. The lowest BCUT2D eigenvalue weighted by atomic mass is 10.0. The molecule has 0 aromatic heterocycles. The molecule has 0 fully saturated rings. The molecule has 2 aromatic rings. The number of carbonyl (C=O) groups is 1. The number of nitrogens with zero attached hydrogens (tertiary/aromatic N) is 1. The van der Waals surface area contributed by atoms with Crippen LogP contribution in [0.5, 0.6) is 5.75 Å². The number of methoxy groups -OCH3 is 1. The largest absolute Gasteiger partial charge is 0.496 e. The van der Waals surface area contributed by atoms with Gasteiger partial charge in [-0.1, -0.05) is 41.0 Å².